The van der Waals surface area contributed by atoms with Crippen LogP contribution in [-0.2, 0) is 0 Å². The van der Waals surface area contributed by atoms with Gasteiger partial charge in [0.25, 0.3) is 0 Å². The van der Waals surface area contributed by atoms with Gasteiger partial charge in [-0.15, -0.1) is 47.0 Å². The van der Waals surface area contributed by atoms with Crippen LogP contribution < -0.4 is 0 Å². The molecule has 0 bridgehead atoms. The van der Waals surface area contributed by atoms with Crippen LogP contribution in [0.15, 0.2) is 0 Å². The quantitative estimate of drug-likeness (QED) is 0.399. The summed E-state index contributed by atoms with van der Waals surface area (Å²) in [6, 6.07) is 0. The standard InChI is InChI=1S/C18H38S4Si2/c1-16(18(24(5,6)7)21-14-9-15-22-18)10-11-17(23(2,3)4)19-12-8-13-20-17/h16H,8-15H2,1-7H3. The molecule has 0 radical (unpaired) electrons. The Balaban J connectivity index is 2.13. The van der Waals surface area contributed by atoms with E-state index in [0.29, 0.717) is 7.40 Å². The van der Waals surface area contributed by atoms with Crippen molar-refractivity contribution in [3.63, 3.8) is 0 Å². The van der Waals surface area contributed by atoms with Crippen molar-refractivity contribution >= 4 is 63.2 Å². The second kappa shape index (κ2) is 8.46. The highest BCUT2D eigenvalue weighted by atomic mass is 32.2. The molecule has 0 nitrogen and oxygen atoms in total. The van der Waals surface area contributed by atoms with Gasteiger partial charge < -0.3 is 0 Å². The Morgan fingerprint density at radius 2 is 1.21 bits per heavy atom. The molecular formula is C18H38S4Si2. The molecule has 0 aromatic rings. The van der Waals surface area contributed by atoms with Gasteiger partial charge in [0, 0.05) is 0 Å². The summed E-state index contributed by atoms with van der Waals surface area (Å²) >= 11 is 9.35. The largest absolute Gasteiger partial charge is 0.148 e. The molecule has 24 heavy (non-hydrogen) atoms. The Hall–Kier alpha value is 1.83. The van der Waals surface area contributed by atoms with Gasteiger partial charge in [-0.1, -0.05) is 46.2 Å². The van der Waals surface area contributed by atoms with E-state index in [9.17, 15) is 0 Å². The van der Waals surface area contributed by atoms with Crippen LogP contribution in [0.4, 0.5) is 0 Å². The van der Waals surface area contributed by atoms with Crippen LogP contribution in [0.1, 0.15) is 32.6 Å². The third-order valence-electron chi connectivity index (χ3n) is 5.62. The van der Waals surface area contributed by atoms with Gasteiger partial charge in [0.1, 0.15) is 0 Å². The second-order valence-corrected chi connectivity index (χ2v) is 27.5. The average Bonchev–Trinajstić information content (AvgIpc) is 2.52. The van der Waals surface area contributed by atoms with Crippen LogP contribution in [0.2, 0.25) is 39.3 Å². The van der Waals surface area contributed by atoms with Gasteiger partial charge in [0.2, 0.25) is 0 Å². The van der Waals surface area contributed by atoms with Crippen LogP contribution >= 0.6 is 47.0 Å². The number of hydrogen-bond donors (Lipinski definition) is 0. The minimum Gasteiger partial charge on any atom is -0.148 e. The fraction of sp³-hybridized carbons (Fsp3) is 1.00. The predicted octanol–water partition coefficient (Wildman–Crippen LogP) is 7.29. The van der Waals surface area contributed by atoms with Crippen molar-refractivity contribution in [2.75, 3.05) is 23.0 Å². The molecule has 2 fully saturated rings. The van der Waals surface area contributed by atoms with E-state index in [-0.39, 0.29) is 0 Å². The first-order valence-corrected chi connectivity index (χ1v) is 20.5. The molecule has 6 heteroatoms. The summed E-state index contributed by atoms with van der Waals surface area (Å²) in [5, 5.41) is 0. The van der Waals surface area contributed by atoms with Gasteiger partial charge >= 0.3 is 0 Å². The van der Waals surface area contributed by atoms with Crippen molar-refractivity contribution in [3.8, 4) is 0 Å². The van der Waals surface area contributed by atoms with Crippen LogP contribution in [0, 0.1) is 5.92 Å². The summed E-state index contributed by atoms with van der Waals surface area (Å²) < 4.78 is 1.13. The molecule has 2 aliphatic heterocycles. The lowest BCUT2D eigenvalue weighted by molar-refractivity contribution is 0.520. The SMILES string of the molecule is CC(CCC1([Si](C)(C)C)SCCCS1)C1([Si](C)(C)C)SCCCS1. The number of hydrogen-bond acceptors (Lipinski definition) is 4. The van der Waals surface area contributed by atoms with Gasteiger partial charge in [-0.05, 0) is 54.6 Å². The molecule has 2 heterocycles. The Bertz CT molecular complexity index is 402. The minimum absolute atomic E-state index is 0.551. The van der Waals surface area contributed by atoms with Crippen molar-refractivity contribution in [3.05, 3.63) is 0 Å². The fourth-order valence-corrected chi connectivity index (χ4v) is 20.6. The number of thioether (sulfide) groups is 4. The minimum atomic E-state index is -1.20. The summed E-state index contributed by atoms with van der Waals surface area (Å²) in [6.07, 6.45) is 5.72. The lowest BCUT2D eigenvalue weighted by Crippen LogP contribution is -2.54. The van der Waals surface area contributed by atoms with Crippen LogP contribution in [0.5, 0.6) is 0 Å². The summed E-state index contributed by atoms with van der Waals surface area (Å²) in [6.45, 7) is 18.3. The van der Waals surface area contributed by atoms with E-state index in [0.717, 1.165) is 5.92 Å². The van der Waals surface area contributed by atoms with Gasteiger partial charge in [-0.2, -0.15) is 0 Å². The molecule has 0 saturated carbocycles. The molecular weight excluding hydrogens is 401 g/mol. The third-order valence-corrected chi connectivity index (χ3v) is 26.2. The fourth-order valence-electron chi connectivity index (χ4n) is 4.13. The van der Waals surface area contributed by atoms with E-state index in [4.69, 9.17) is 0 Å². The summed E-state index contributed by atoms with van der Waals surface area (Å²) in [4.78, 5) is 0. The highest BCUT2D eigenvalue weighted by molar-refractivity contribution is 8.21. The molecule has 0 aromatic heterocycles. The molecule has 0 spiro atoms. The Morgan fingerprint density at radius 3 is 1.62 bits per heavy atom. The molecule has 0 aliphatic carbocycles. The Labute approximate surface area is 170 Å². The molecule has 1 atom stereocenters. The summed E-state index contributed by atoms with van der Waals surface area (Å²) in [5.74, 6) is 6.44. The van der Waals surface area contributed by atoms with Crippen LogP contribution in [0.3, 0.4) is 0 Å². The molecule has 2 saturated heterocycles. The lowest BCUT2D eigenvalue weighted by Gasteiger charge is -2.51. The second-order valence-electron chi connectivity index (χ2n) is 9.46. The molecule has 2 aliphatic rings. The maximum atomic E-state index is 2.62. The maximum Gasteiger partial charge on any atom is 0.0755 e. The molecule has 1 unspecified atom stereocenters. The van der Waals surface area contributed by atoms with Gasteiger partial charge in [0.05, 0.1) is 23.6 Å². The Kier molecular flexibility index (Phi) is 7.80. The summed E-state index contributed by atoms with van der Waals surface area (Å²) in [5.41, 5.74) is 0. The van der Waals surface area contributed by atoms with E-state index in [1.807, 2.05) is 0 Å². The topological polar surface area (TPSA) is 0 Å². The van der Waals surface area contributed by atoms with Crippen molar-refractivity contribution in [1.29, 1.82) is 0 Å². The van der Waals surface area contributed by atoms with E-state index in [1.54, 1.807) is 0 Å². The third kappa shape index (κ3) is 4.63. The molecule has 0 aromatic carbocycles. The van der Waals surface area contributed by atoms with Gasteiger partial charge in [0.15, 0.2) is 0 Å². The van der Waals surface area contributed by atoms with E-state index >= 15 is 0 Å². The molecule has 0 N–H and O–H groups in total. The van der Waals surface area contributed by atoms with Crippen molar-refractivity contribution in [2.24, 2.45) is 5.92 Å². The highest BCUT2D eigenvalue weighted by Crippen LogP contribution is 2.57. The predicted molar refractivity (Wildman–Crippen MR) is 130 cm³/mol. The highest BCUT2D eigenvalue weighted by Gasteiger charge is 2.51. The zero-order valence-electron chi connectivity index (χ0n) is 16.9. The monoisotopic (exact) mass is 438 g/mol. The van der Waals surface area contributed by atoms with Gasteiger partial charge in [-0.3, -0.25) is 0 Å². The zero-order valence-corrected chi connectivity index (χ0v) is 22.1. The number of rotatable bonds is 6. The van der Waals surface area contributed by atoms with Crippen molar-refractivity contribution < 1.29 is 0 Å². The molecule has 0 amide bonds. The smallest absolute Gasteiger partial charge is 0.0755 e. The van der Waals surface area contributed by atoms with Gasteiger partial charge in [-0.25, -0.2) is 0 Å². The van der Waals surface area contributed by atoms with Crippen molar-refractivity contribution in [2.45, 2.75) is 79.3 Å². The first kappa shape index (κ1) is 22.1. The van der Waals surface area contributed by atoms with E-state index in [1.165, 1.54) is 48.7 Å². The van der Waals surface area contributed by atoms with E-state index < -0.39 is 16.1 Å². The first-order valence-electron chi connectivity index (χ1n) is 9.60. The summed E-state index contributed by atoms with van der Waals surface area (Å²) in [7, 11) is -2.37. The van der Waals surface area contributed by atoms with Crippen LogP contribution in [0.25, 0.3) is 0 Å². The maximum absolute atomic E-state index is 2.62. The lowest BCUT2D eigenvalue weighted by atomic mass is 10.1. The molecule has 2 rings (SSSR count). The van der Waals surface area contributed by atoms with Crippen molar-refractivity contribution in [1.82, 2.24) is 0 Å². The first-order chi connectivity index (χ1) is 11.0. The van der Waals surface area contributed by atoms with Crippen LogP contribution in [-0.4, -0.2) is 46.6 Å². The average molecular weight is 439 g/mol. The normalized spacial score (nSPS) is 26.1. The Morgan fingerprint density at radius 1 is 0.750 bits per heavy atom. The van der Waals surface area contributed by atoms with E-state index in [2.05, 4.69) is 93.3 Å². The molecule has 142 valence electrons. The zero-order chi connectivity index (χ0) is 18.1.